The van der Waals surface area contributed by atoms with Crippen molar-refractivity contribution in [2.45, 2.75) is 72.5 Å². The van der Waals surface area contributed by atoms with E-state index < -0.39 is 0 Å². The van der Waals surface area contributed by atoms with E-state index in [1.165, 1.54) is 23.3 Å². The van der Waals surface area contributed by atoms with Gasteiger partial charge in [-0.15, -0.1) is 0 Å². The first-order chi connectivity index (χ1) is 17.8. The molecule has 5 nitrogen and oxygen atoms in total. The van der Waals surface area contributed by atoms with Gasteiger partial charge in [0.2, 0.25) is 11.8 Å². The number of nitrogens with zero attached hydrogens (tertiary/aromatic N) is 3. The minimum Gasteiger partial charge on any atom is -0.345 e. The Morgan fingerprint density at radius 1 is 0.973 bits per heavy atom. The number of unbranched alkanes of at least 4 members (excludes halogenated alkanes) is 1. The second-order valence-electron chi connectivity index (χ2n) is 9.80. The van der Waals surface area contributed by atoms with Crippen LogP contribution >= 0.6 is 0 Å². The van der Waals surface area contributed by atoms with Crippen LogP contribution in [0.1, 0.15) is 62.4 Å². The minimum atomic E-state index is -0.328. The molecule has 0 saturated heterocycles. The van der Waals surface area contributed by atoms with E-state index in [9.17, 15) is 14.0 Å². The molecule has 1 heterocycles. The van der Waals surface area contributed by atoms with Crippen LogP contribution in [-0.4, -0.2) is 45.3 Å². The SMILES string of the molecule is CCCCN(CC(=O)N(Cc1cccn1Cc1ccccc1C)C(C)CC)C(=O)Cc1ccc(F)cc1. The molecule has 1 aromatic heterocycles. The summed E-state index contributed by atoms with van der Waals surface area (Å²) in [5.74, 6) is -0.493. The second kappa shape index (κ2) is 13.8. The van der Waals surface area contributed by atoms with Gasteiger partial charge in [0.25, 0.3) is 0 Å². The average Bonchev–Trinajstić information content (AvgIpc) is 3.33. The van der Waals surface area contributed by atoms with Crippen molar-refractivity contribution in [1.82, 2.24) is 14.4 Å². The number of hydrogen-bond acceptors (Lipinski definition) is 2. The number of amides is 2. The molecular formula is C31H40FN3O2. The molecule has 198 valence electrons. The Morgan fingerprint density at radius 2 is 1.70 bits per heavy atom. The van der Waals surface area contributed by atoms with Gasteiger partial charge >= 0.3 is 0 Å². The van der Waals surface area contributed by atoms with Crippen LogP contribution < -0.4 is 0 Å². The predicted octanol–water partition coefficient (Wildman–Crippen LogP) is 5.98. The maximum Gasteiger partial charge on any atom is 0.242 e. The van der Waals surface area contributed by atoms with Crippen molar-refractivity contribution in [1.29, 1.82) is 0 Å². The normalized spacial score (nSPS) is 11.8. The van der Waals surface area contributed by atoms with Crippen LogP contribution in [0.5, 0.6) is 0 Å². The molecule has 0 aliphatic carbocycles. The van der Waals surface area contributed by atoms with Gasteiger partial charge < -0.3 is 14.4 Å². The molecule has 1 unspecified atom stereocenters. The summed E-state index contributed by atoms with van der Waals surface area (Å²) in [6.45, 7) is 10.1. The Kier molecular flexibility index (Phi) is 10.5. The summed E-state index contributed by atoms with van der Waals surface area (Å²) in [5.41, 5.74) is 4.30. The van der Waals surface area contributed by atoms with Crippen molar-refractivity contribution < 1.29 is 14.0 Å². The van der Waals surface area contributed by atoms with Gasteiger partial charge in [-0.25, -0.2) is 4.39 Å². The molecule has 3 rings (SSSR count). The Balaban J connectivity index is 1.75. The van der Waals surface area contributed by atoms with Crippen molar-refractivity contribution in [3.8, 4) is 0 Å². The van der Waals surface area contributed by atoms with Crippen molar-refractivity contribution in [3.05, 3.63) is 95.1 Å². The molecule has 0 spiro atoms. The molecule has 1 atom stereocenters. The van der Waals surface area contributed by atoms with Crippen LogP contribution in [0.25, 0.3) is 0 Å². The molecule has 2 aromatic carbocycles. The smallest absolute Gasteiger partial charge is 0.242 e. The molecule has 0 bridgehead atoms. The molecule has 0 aliphatic heterocycles. The first kappa shape index (κ1) is 28.2. The molecule has 0 fully saturated rings. The number of hydrogen-bond donors (Lipinski definition) is 0. The van der Waals surface area contributed by atoms with Gasteiger partial charge in [-0.1, -0.05) is 56.7 Å². The van der Waals surface area contributed by atoms with Gasteiger partial charge in [0.15, 0.2) is 0 Å². The summed E-state index contributed by atoms with van der Waals surface area (Å²) in [4.78, 5) is 30.4. The minimum absolute atomic E-state index is 0.0366. The molecule has 37 heavy (non-hydrogen) atoms. The lowest BCUT2D eigenvalue weighted by molar-refractivity contribution is -0.142. The number of aromatic nitrogens is 1. The maximum atomic E-state index is 13.6. The lowest BCUT2D eigenvalue weighted by atomic mass is 10.1. The van der Waals surface area contributed by atoms with Crippen LogP contribution in [0, 0.1) is 12.7 Å². The molecule has 0 aliphatic rings. The highest BCUT2D eigenvalue weighted by molar-refractivity contribution is 5.86. The Bertz CT molecular complexity index is 1160. The van der Waals surface area contributed by atoms with Crippen molar-refractivity contribution in [2.75, 3.05) is 13.1 Å². The van der Waals surface area contributed by atoms with E-state index in [1.54, 1.807) is 17.0 Å². The number of halogens is 1. The van der Waals surface area contributed by atoms with Crippen LogP contribution in [0.15, 0.2) is 66.9 Å². The molecular weight excluding hydrogens is 465 g/mol. The quantitative estimate of drug-likeness (QED) is 0.287. The highest BCUT2D eigenvalue weighted by atomic mass is 19.1. The molecule has 3 aromatic rings. The summed E-state index contributed by atoms with van der Waals surface area (Å²) in [6.07, 6.45) is 4.78. The van der Waals surface area contributed by atoms with Crippen molar-refractivity contribution in [2.24, 2.45) is 0 Å². The summed E-state index contributed by atoms with van der Waals surface area (Å²) in [5, 5.41) is 0. The third kappa shape index (κ3) is 8.04. The van der Waals surface area contributed by atoms with Gasteiger partial charge in [-0.2, -0.15) is 0 Å². The summed E-state index contributed by atoms with van der Waals surface area (Å²) in [6, 6.07) is 18.4. The average molecular weight is 506 g/mol. The number of carbonyl (C=O) groups is 2. The Morgan fingerprint density at radius 3 is 2.38 bits per heavy atom. The lowest BCUT2D eigenvalue weighted by Gasteiger charge is -2.32. The summed E-state index contributed by atoms with van der Waals surface area (Å²) in [7, 11) is 0. The second-order valence-corrected chi connectivity index (χ2v) is 9.80. The predicted molar refractivity (Wildman–Crippen MR) is 147 cm³/mol. The van der Waals surface area contributed by atoms with Gasteiger partial charge in [0.05, 0.1) is 19.5 Å². The third-order valence-electron chi connectivity index (χ3n) is 7.03. The topological polar surface area (TPSA) is 45.6 Å². The van der Waals surface area contributed by atoms with Gasteiger partial charge in [0.1, 0.15) is 5.82 Å². The standard InChI is InChI=1S/C31H40FN3O2/c1-5-7-18-34(30(36)20-26-14-16-28(32)17-15-26)23-31(37)35(25(4)6-2)22-29-13-10-19-33(29)21-27-12-9-8-11-24(27)3/h8-17,19,25H,5-7,18,20-23H2,1-4H3. The first-order valence-corrected chi connectivity index (χ1v) is 13.3. The van der Waals surface area contributed by atoms with E-state index in [4.69, 9.17) is 0 Å². The van der Waals surface area contributed by atoms with E-state index in [2.05, 4.69) is 56.7 Å². The zero-order valence-corrected chi connectivity index (χ0v) is 22.6. The molecule has 0 saturated carbocycles. The zero-order chi connectivity index (χ0) is 26.8. The Hall–Kier alpha value is -3.41. The fourth-order valence-corrected chi connectivity index (χ4v) is 4.39. The van der Waals surface area contributed by atoms with Crippen LogP contribution in [-0.2, 0) is 29.1 Å². The fraction of sp³-hybridized carbons (Fsp3) is 0.419. The van der Waals surface area contributed by atoms with Gasteiger partial charge in [-0.05, 0) is 67.6 Å². The van der Waals surface area contributed by atoms with Crippen molar-refractivity contribution in [3.63, 3.8) is 0 Å². The van der Waals surface area contributed by atoms with Crippen LogP contribution in [0.3, 0.4) is 0 Å². The largest absolute Gasteiger partial charge is 0.345 e. The van der Waals surface area contributed by atoms with Crippen molar-refractivity contribution >= 4 is 11.8 Å². The molecule has 0 radical (unpaired) electrons. The summed E-state index contributed by atoms with van der Waals surface area (Å²) >= 11 is 0. The zero-order valence-electron chi connectivity index (χ0n) is 22.6. The number of rotatable bonds is 13. The third-order valence-corrected chi connectivity index (χ3v) is 7.03. The monoisotopic (exact) mass is 505 g/mol. The van der Waals surface area contributed by atoms with Crippen LogP contribution in [0.4, 0.5) is 4.39 Å². The highest BCUT2D eigenvalue weighted by Crippen LogP contribution is 2.17. The first-order valence-electron chi connectivity index (χ1n) is 13.3. The maximum absolute atomic E-state index is 13.6. The number of benzene rings is 2. The van der Waals surface area contributed by atoms with E-state index in [-0.39, 0.29) is 36.6 Å². The lowest BCUT2D eigenvalue weighted by Crippen LogP contribution is -2.46. The van der Waals surface area contributed by atoms with E-state index in [1.807, 2.05) is 23.1 Å². The highest BCUT2D eigenvalue weighted by Gasteiger charge is 2.25. The molecule has 6 heteroatoms. The van der Waals surface area contributed by atoms with Gasteiger partial charge in [0, 0.05) is 31.0 Å². The Labute approximate surface area is 220 Å². The van der Waals surface area contributed by atoms with Crippen LogP contribution in [0.2, 0.25) is 0 Å². The summed E-state index contributed by atoms with van der Waals surface area (Å²) < 4.78 is 15.5. The molecule has 2 amide bonds. The van der Waals surface area contributed by atoms with Gasteiger partial charge in [-0.3, -0.25) is 9.59 Å². The molecule has 0 N–H and O–H groups in total. The fourth-order valence-electron chi connectivity index (χ4n) is 4.39. The van der Waals surface area contributed by atoms with E-state index in [0.29, 0.717) is 13.1 Å². The van der Waals surface area contributed by atoms with E-state index >= 15 is 0 Å². The number of carbonyl (C=O) groups excluding carboxylic acids is 2. The number of aryl methyl sites for hydroxylation is 1. The van der Waals surface area contributed by atoms with E-state index in [0.717, 1.165) is 37.1 Å².